The van der Waals surface area contributed by atoms with Gasteiger partial charge in [0.15, 0.2) is 5.78 Å². The van der Waals surface area contributed by atoms with Crippen molar-refractivity contribution in [2.75, 3.05) is 0 Å². The van der Waals surface area contributed by atoms with E-state index in [1.54, 1.807) is 12.5 Å². The Bertz CT molecular complexity index is 955. The zero-order valence-electron chi connectivity index (χ0n) is 15.9. The molecule has 2 heterocycles. The summed E-state index contributed by atoms with van der Waals surface area (Å²) < 4.78 is 2.00. The lowest BCUT2D eigenvalue weighted by atomic mass is 10.0. The number of rotatable bonds is 7. The standard InChI is InChI=1S/C21H24N4O2/c1-4-18-19(15(3)26)14(2)24-20(18)21(27)23-11-16-6-5-7-17(10-16)12-25-9-8-22-13-25/h5-10,13,24H,4,11-12H2,1-3H3,(H,23,27). The van der Waals surface area contributed by atoms with Crippen molar-refractivity contribution in [2.45, 2.75) is 40.3 Å². The highest BCUT2D eigenvalue weighted by molar-refractivity contribution is 6.02. The highest BCUT2D eigenvalue weighted by Gasteiger charge is 2.21. The second-order valence-electron chi connectivity index (χ2n) is 6.63. The zero-order valence-corrected chi connectivity index (χ0v) is 15.9. The van der Waals surface area contributed by atoms with Crippen LogP contribution in [0.4, 0.5) is 0 Å². The van der Waals surface area contributed by atoms with Crippen LogP contribution >= 0.6 is 0 Å². The molecule has 3 rings (SSSR count). The second kappa shape index (κ2) is 8.03. The largest absolute Gasteiger partial charge is 0.354 e. The first-order valence-corrected chi connectivity index (χ1v) is 9.03. The van der Waals surface area contributed by atoms with Gasteiger partial charge in [-0.3, -0.25) is 9.59 Å². The summed E-state index contributed by atoms with van der Waals surface area (Å²) in [6.07, 6.45) is 6.08. The van der Waals surface area contributed by atoms with Gasteiger partial charge in [-0.25, -0.2) is 4.98 Å². The molecular weight excluding hydrogens is 340 g/mol. The van der Waals surface area contributed by atoms with Gasteiger partial charge >= 0.3 is 0 Å². The molecule has 27 heavy (non-hydrogen) atoms. The zero-order chi connectivity index (χ0) is 19.4. The number of H-pyrrole nitrogens is 1. The highest BCUT2D eigenvalue weighted by Crippen LogP contribution is 2.20. The summed E-state index contributed by atoms with van der Waals surface area (Å²) in [5.74, 6) is -0.214. The fourth-order valence-electron chi connectivity index (χ4n) is 3.40. The number of aryl methyl sites for hydroxylation is 1. The summed E-state index contributed by atoms with van der Waals surface area (Å²) >= 11 is 0. The minimum atomic E-state index is -0.192. The van der Waals surface area contributed by atoms with E-state index in [1.165, 1.54) is 6.92 Å². The smallest absolute Gasteiger partial charge is 0.268 e. The van der Waals surface area contributed by atoms with Gasteiger partial charge in [0.2, 0.25) is 0 Å². The summed E-state index contributed by atoms with van der Waals surface area (Å²) in [4.78, 5) is 31.7. The SMILES string of the molecule is CCc1c(C(=O)NCc2cccc(Cn3ccnc3)c2)[nH]c(C)c1C(C)=O. The van der Waals surface area contributed by atoms with E-state index in [1.807, 2.05) is 42.8 Å². The average molecular weight is 364 g/mol. The van der Waals surface area contributed by atoms with Crippen LogP contribution in [0.25, 0.3) is 0 Å². The van der Waals surface area contributed by atoms with Crippen LogP contribution in [0.2, 0.25) is 0 Å². The number of carbonyl (C=O) groups excluding carboxylic acids is 2. The third-order valence-electron chi connectivity index (χ3n) is 4.59. The molecule has 0 radical (unpaired) electrons. The van der Waals surface area contributed by atoms with Crippen molar-refractivity contribution < 1.29 is 9.59 Å². The number of benzene rings is 1. The first-order valence-electron chi connectivity index (χ1n) is 9.03. The second-order valence-corrected chi connectivity index (χ2v) is 6.63. The molecule has 140 valence electrons. The summed E-state index contributed by atoms with van der Waals surface area (Å²) in [6.45, 7) is 6.47. The average Bonchev–Trinajstić information content (AvgIpc) is 3.27. The summed E-state index contributed by atoms with van der Waals surface area (Å²) in [5.41, 5.74) is 4.80. The Labute approximate surface area is 158 Å². The number of imidazole rings is 1. The maximum atomic E-state index is 12.7. The van der Waals surface area contributed by atoms with Gasteiger partial charge in [0, 0.05) is 36.7 Å². The number of hydrogen-bond acceptors (Lipinski definition) is 3. The highest BCUT2D eigenvalue weighted by atomic mass is 16.2. The fourth-order valence-corrected chi connectivity index (χ4v) is 3.40. The van der Waals surface area contributed by atoms with E-state index in [0.717, 1.165) is 28.9 Å². The molecular formula is C21H24N4O2. The fraction of sp³-hybridized carbons (Fsp3) is 0.286. The summed E-state index contributed by atoms with van der Waals surface area (Å²) in [6, 6.07) is 8.09. The number of ketones is 1. The third kappa shape index (κ3) is 4.16. The van der Waals surface area contributed by atoms with Gasteiger partial charge in [-0.05, 0) is 37.0 Å². The van der Waals surface area contributed by atoms with Gasteiger partial charge in [0.25, 0.3) is 5.91 Å². The molecule has 0 atom stereocenters. The van der Waals surface area contributed by atoms with E-state index in [0.29, 0.717) is 24.2 Å². The Hall–Kier alpha value is -3.15. The number of nitrogens with one attached hydrogen (secondary N) is 2. The molecule has 0 spiro atoms. The predicted molar refractivity (Wildman–Crippen MR) is 104 cm³/mol. The van der Waals surface area contributed by atoms with Crippen molar-refractivity contribution in [2.24, 2.45) is 0 Å². The molecule has 3 aromatic rings. The van der Waals surface area contributed by atoms with Gasteiger partial charge in [-0.15, -0.1) is 0 Å². The van der Waals surface area contributed by atoms with Crippen LogP contribution in [-0.4, -0.2) is 26.2 Å². The Morgan fingerprint density at radius 1 is 1.26 bits per heavy atom. The number of Topliss-reactive ketones (excluding diaryl/α,β-unsaturated/α-hetero) is 1. The van der Waals surface area contributed by atoms with Crippen molar-refractivity contribution in [3.63, 3.8) is 0 Å². The molecule has 0 aliphatic rings. The molecule has 0 bridgehead atoms. The lowest BCUT2D eigenvalue weighted by molar-refractivity contribution is 0.0945. The first kappa shape index (κ1) is 18.6. The molecule has 0 saturated heterocycles. The molecule has 1 amide bonds. The van der Waals surface area contributed by atoms with Crippen molar-refractivity contribution in [3.05, 3.63) is 76.6 Å². The van der Waals surface area contributed by atoms with Gasteiger partial charge < -0.3 is 14.9 Å². The van der Waals surface area contributed by atoms with Crippen molar-refractivity contribution in [1.29, 1.82) is 0 Å². The number of carbonyl (C=O) groups is 2. The Kier molecular flexibility index (Phi) is 5.54. The molecule has 2 N–H and O–H groups in total. The molecule has 1 aromatic carbocycles. The van der Waals surface area contributed by atoms with Crippen molar-refractivity contribution in [3.8, 4) is 0 Å². The maximum Gasteiger partial charge on any atom is 0.268 e. The van der Waals surface area contributed by atoms with E-state index in [9.17, 15) is 9.59 Å². The normalized spacial score (nSPS) is 10.8. The molecule has 0 saturated carbocycles. The lowest BCUT2D eigenvalue weighted by Gasteiger charge is -2.09. The van der Waals surface area contributed by atoms with E-state index >= 15 is 0 Å². The lowest BCUT2D eigenvalue weighted by Crippen LogP contribution is -2.24. The van der Waals surface area contributed by atoms with E-state index in [-0.39, 0.29) is 11.7 Å². The van der Waals surface area contributed by atoms with Crippen LogP contribution in [0.3, 0.4) is 0 Å². The van der Waals surface area contributed by atoms with Crippen LogP contribution in [-0.2, 0) is 19.5 Å². The number of aromatic amines is 1. The van der Waals surface area contributed by atoms with Gasteiger partial charge in [-0.2, -0.15) is 0 Å². The Morgan fingerprint density at radius 2 is 2.04 bits per heavy atom. The number of amides is 1. The van der Waals surface area contributed by atoms with Crippen LogP contribution in [0.1, 0.15) is 57.1 Å². The molecule has 0 aliphatic heterocycles. The number of nitrogens with zero attached hydrogens (tertiary/aromatic N) is 2. The maximum absolute atomic E-state index is 12.7. The molecule has 0 fully saturated rings. The van der Waals surface area contributed by atoms with E-state index in [2.05, 4.69) is 21.4 Å². The van der Waals surface area contributed by atoms with Gasteiger partial charge in [0.1, 0.15) is 5.69 Å². The Morgan fingerprint density at radius 3 is 2.70 bits per heavy atom. The van der Waals surface area contributed by atoms with E-state index < -0.39 is 0 Å². The summed E-state index contributed by atoms with van der Waals surface area (Å²) in [7, 11) is 0. The van der Waals surface area contributed by atoms with Crippen LogP contribution in [0.15, 0.2) is 43.0 Å². The third-order valence-corrected chi connectivity index (χ3v) is 4.59. The minimum absolute atomic E-state index is 0.0214. The minimum Gasteiger partial charge on any atom is -0.354 e. The predicted octanol–water partition coefficient (Wildman–Crippen LogP) is 3.26. The molecule has 6 nitrogen and oxygen atoms in total. The molecule has 0 aliphatic carbocycles. The monoisotopic (exact) mass is 364 g/mol. The summed E-state index contributed by atoms with van der Waals surface area (Å²) in [5, 5.41) is 2.95. The quantitative estimate of drug-likeness (QED) is 0.632. The molecule has 6 heteroatoms. The molecule has 2 aromatic heterocycles. The first-order chi connectivity index (χ1) is 13.0. The Balaban J connectivity index is 1.71. The van der Waals surface area contributed by atoms with Crippen LogP contribution < -0.4 is 5.32 Å². The van der Waals surface area contributed by atoms with Gasteiger partial charge in [-0.1, -0.05) is 31.2 Å². The topological polar surface area (TPSA) is 79.8 Å². The van der Waals surface area contributed by atoms with Crippen LogP contribution in [0, 0.1) is 6.92 Å². The van der Waals surface area contributed by atoms with Crippen molar-refractivity contribution in [1.82, 2.24) is 19.9 Å². The van der Waals surface area contributed by atoms with Crippen LogP contribution in [0.5, 0.6) is 0 Å². The van der Waals surface area contributed by atoms with Gasteiger partial charge in [0.05, 0.1) is 6.33 Å². The number of aromatic nitrogens is 3. The van der Waals surface area contributed by atoms with Crippen molar-refractivity contribution >= 4 is 11.7 Å². The number of hydrogen-bond donors (Lipinski definition) is 2. The molecule has 0 unspecified atom stereocenters. The van der Waals surface area contributed by atoms with E-state index in [4.69, 9.17) is 0 Å².